The molecule has 31 heavy (non-hydrogen) atoms. The monoisotopic (exact) mass is 419 g/mol. The fraction of sp³-hybridized carbons (Fsp3) is 0.360. The van der Waals surface area contributed by atoms with Crippen LogP contribution in [0, 0.1) is 0 Å². The highest BCUT2D eigenvalue weighted by Crippen LogP contribution is 2.46. The number of ether oxygens (including phenoxy) is 3. The summed E-state index contributed by atoms with van der Waals surface area (Å²) in [4.78, 5) is 26.6. The van der Waals surface area contributed by atoms with Crippen LogP contribution in [-0.4, -0.2) is 35.8 Å². The minimum atomic E-state index is -0.996. The summed E-state index contributed by atoms with van der Waals surface area (Å²) in [5.41, 5.74) is 2.39. The van der Waals surface area contributed by atoms with Gasteiger partial charge in [-0.2, -0.15) is 0 Å². The van der Waals surface area contributed by atoms with E-state index in [1.807, 2.05) is 66.5 Å². The van der Waals surface area contributed by atoms with Crippen LogP contribution in [0.15, 0.2) is 65.7 Å². The van der Waals surface area contributed by atoms with Crippen molar-refractivity contribution in [2.75, 3.05) is 7.05 Å². The first-order valence-corrected chi connectivity index (χ1v) is 10.8. The molecule has 1 fully saturated rings. The SMILES string of the molecule is CN1C2CC3=C(CCCC3)C1(Cc1ccc(Oc3ccccc3)cc1)OC(=O)C(=O)O2. The molecule has 2 unspecified atom stereocenters. The molecular weight excluding hydrogens is 394 g/mol. The van der Waals surface area contributed by atoms with Crippen LogP contribution in [0.5, 0.6) is 11.5 Å². The summed E-state index contributed by atoms with van der Waals surface area (Å²) in [6.07, 6.45) is 4.58. The molecule has 3 aliphatic rings. The third kappa shape index (κ3) is 3.61. The minimum Gasteiger partial charge on any atom is -0.457 e. The Morgan fingerprint density at radius 3 is 2.45 bits per heavy atom. The fourth-order valence-corrected chi connectivity index (χ4v) is 4.92. The van der Waals surface area contributed by atoms with Gasteiger partial charge >= 0.3 is 11.9 Å². The lowest BCUT2D eigenvalue weighted by atomic mass is 9.77. The second-order valence-electron chi connectivity index (χ2n) is 8.37. The van der Waals surface area contributed by atoms with Gasteiger partial charge in [-0.15, -0.1) is 0 Å². The van der Waals surface area contributed by atoms with Crippen LogP contribution in [-0.2, 0) is 25.5 Å². The highest BCUT2D eigenvalue weighted by Gasteiger charge is 2.54. The van der Waals surface area contributed by atoms with Gasteiger partial charge < -0.3 is 14.2 Å². The molecule has 2 aromatic rings. The van der Waals surface area contributed by atoms with Crippen LogP contribution >= 0.6 is 0 Å². The number of carbonyl (C=O) groups excluding carboxylic acids is 2. The van der Waals surface area contributed by atoms with Gasteiger partial charge in [0.15, 0.2) is 12.0 Å². The zero-order valence-electron chi connectivity index (χ0n) is 17.5. The molecule has 5 rings (SSSR count). The third-order valence-electron chi connectivity index (χ3n) is 6.49. The van der Waals surface area contributed by atoms with E-state index in [4.69, 9.17) is 14.2 Å². The van der Waals surface area contributed by atoms with Gasteiger partial charge in [-0.3, -0.25) is 0 Å². The van der Waals surface area contributed by atoms with E-state index in [1.54, 1.807) is 0 Å². The van der Waals surface area contributed by atoms with E-state index in [9.17, 15) is 9.59 Å². The van der Waals surface area contributed by atoms with Gasteiger partial charge in [-0.1, -0.05) is 35.9 Å². The first-order valence-electron chi connectivity index (χ1n) is 10.8. The molecule has 2 aliphatic heterocycles. The summed E-state index contributed by atoms with van der Waals surface area (Å²) in [6.45, 7) is 0. The largest absolute Gasteiger partial charge is 0.457 e. The first-order chi connectivity index (χ1) is 15.0. The molecule has 2 atom stereocenters. The molecule has 6 heteroatoms. The molecule has 0 amide bonds. The predicted molar refractivity (Wildman–Crippen MR) is 113 cm³/mol. The van der Waals surface area contributed by atoms with Crippen LogP contribution in [0.3, 0.4) is 0 Å². The third-order valence-corrected chi connectivity index (χ3v) is 6.49. The van der Waals surface area contributed by atoms with E-state index in [0.717, 1.165) is 48.3 Å². The highest BCUT2D eigenvalue weighted by molar-refractivity contribution is 6.30. The number of carbonyl (C=O) groups is 2. The van der Waals surface area contributed by atoms with Crippen molar-refractivity contribution in [3.8, 4) is 11.5 Å². The average molecular weight is 419 g/mol. The van der Waals surface area contributed by atoms with Gasteiger partial charge in [-0.05, 0) is 68.1 Å². The van der Waals surface area contributed by atoms with Crippen molar-refractivity contribution >= 4 is 11.9 Å². The van der Waals surface area contributed by atoms with Crippen molar-refractivity contribution in [3.63, 3.8) is 0 Å². The van der Waals surface area contributed by atoms with E-state index in [2.05, 4.69) is 0 Å². The van der Waals surface area contributed by atoms with E-state index in [1.165, 1.54) is 5.57 Å². The van der Waals surface area contributed by atoms with Crippen LogP contribution in [0.2, 0.25) is 0 Å². The van der Waals surface area contributed by atoms with Crippen molar-refractivity contribution in [1.82, 2.24) is 4.90 Å². The normalized spacial score (nSPS) is 25.9. The number of esters is 2. The van der Waals surface area contributed by atoms with Crippen LogP contribution in [0.25, 0.3) is 0 Å². The average Bonchev–Trinajstić information content (AvgIpc) is 2.84. The van der Waals surface area contributed by atoms with Crippen LogP contribution < -0.4 is 4.74 Å². The Hall–Kier alpha value is -3.12. The number of likely N-dealkylation sites (N-methyl/N-ethyl adjacent to an activating group) is 1. The van der Waals surface area contributed by atoms with Crippen molar-refractivity contribution in [2.24, 2.45) is 0 Å². The molecule has 1 aliphatic carbocycles. The smallest absolute Gasteiger partial charge is 0.419 e. The quantitative estimate of drug-likeness (QED) is 0.417. The molecule has 0 spiro atoms. The molecule has 2 aromatic carbocycles. The van der Waals surface area contributed by atoms with Gasteiger partial charge in [0.1, 0.15) is 11.5 Å². The molecule has 1 saturated heterocycles. The number of fused-ring (bicyclic) bond motifs is 3. The van der Waals surface area contributed by atoms with Crippen LogP contribution in [0.4, 0.5) is 0 Å². The fourth-order valence-electron chi connectivity index (χ4n) is 4.92. The zero-order valence-corrected chi connectivity index (χ0v) is 17.5. The number of benzene rings is 2. The van der Waals surface area contributed by atoms with Gasteiger partial charge in [0.25, 0.3) is 0 Å². The molecule has 160 valence electrons. The van der Waals surface area contributed by atoms with Gasteiger partial charge in [0.05, 0.1) is 0 Å². The summed E-state index contributed by atoms with van der Waals surface area (Å²) >= 11 is 0. The van der Waals surface area contributed by atoms with E-state index >= 15 is 0 Å². The Balaban J connectivity index is 1.47. The lowest BCUT2D eigenvalue weighted by molar-refractivity contribution is -0.176. The maximum Gasteiger partial charge on any atom is 0.419 e. The maximum atomic E-state index is 12.5. The van der Waals surface area contributed by atoms with Gasteiger partial charge in [0.2, 0.25) is 0 Å². The summed E-state index contributed by atoms with van der Waals surface area (Å²) in [5, 5.41) is 0. The summed E-state index contributed by atoms with van der Waals surface area (Å²) in [6, 6.07) is 17.4. The van der Waals surface area contributed by atoms with Crippen molar-refractivity contribution < 1.29 is 23.8 Å². The van der Waals surface area contributed by atoms with Crippen molar-refractivity contribution in [1.29, 1.82) is 0 Å². The Labute approximate surface area is 181 Å². The molecule has 0 aromatic heterocycles. The number of para-hydroxylation sites is 1. The van der Waals surface area contributed by atoms with Gasteiger partial charge in [-0.25, -0.2) is 14.5 Å². The second-order valence-corrected chi connectivity index (χ2v) is 8.37. The summed E-state index contributed by atoms with van der Waals surface area (Å²) < 4.78 is 17.3. The number of hydrogen-bond acceptors (Lipinski definition) is 6. The Kier molecular flexibility index (Phi) is 5.02. The molecule has 2 bridgehead atoms. The lowest BCUT2D eigenvalue weighted by Gasteiger charge is -2.49. The molecule has 6 nitrogen and oxygen atoms in total. The maximum absolute atomic E-state index is 12.5. The second kappa shape index (κ2) is 7.85. The van der Waals surface area contributed by atoms with E-state index in [0.29, 0.717) is 12.8 Å². The number of rotatable bonds is 4. The lowest BCUT2D eigenvalue weighted by Crippen LogP contribution is -2.58. The topological polar surface area (TPSA) is 65.1 Å². The highest BCUT2D eigenvalue weighted by atomic mass is 16.6. The molecule has 0 radical (unpaired) electrons. The Morgan fingerprint density at radius 2 is 1.68 bits per heavy atom. The van der Waals surface area contributed by atoms with Crippen molar-refractivity contribution in [3.05, 3.63) is 71.3 Å². The standard InChI is InChI=1S/C25H25NO5/c1-26-22-15-18-7-5-6-10-21(18)25(26,31-24(28)23(27)30-22)16-17-11-13-20(14-12-17)29-19-8-3-2-4-9-19/h2-4,8-9,11-14,22H,5-7,10,15-16H2,1H3. The van der Waals surface area contributed by atoms with Crippen LogP contribution in [0.1, 0.15) is 37.7 Å². The van der Waals surface area contributed by atoms with E-state index in [-0.39, 0.29) is 0 Å². The minimum absolute atomic E-state index is 0.451. The predicted octanol–water partition coefficient (Wildman–Crippen LogP) is 4.35. The summed E-state index contributed by atoms with van der Waals surface area (Å²) in [7, 11) is 1.88. The Bertz CT molecular complexity index is 1030. The Morgan fingerprint density at radius 1 is 0.968 bits per heavy atom. The number of hydrogen-bond donors (Lipinski definition) is 0. The molecule has 2 heterocycles. The molecular formula is C25H25NO5. The van der Waals surface area contributed by atoms with Gasteiger partial charge in [0, 0.05) is 12.8 Å². The van der Waals surface area contributed by atoms with E-state index < -0.39 is 23.9 Å². The zero-order chi connectivity index (χ0) is 21.4. The summed E-state index contributed by atoms with van der Waals surface area (Å²) in [5.74, 6) is -0.326. The number of nitrogens with zero attached hydrogens (tertiary/aromatic N) is 1. The van der Waals surface area contributed by atoms with Crippen molar-refractivity contribution in [2.45, 2.75) is 50.5 Å². The molecule has 0 N–H and O–H groups in total. The first kappa shape index (κ1) is 19.8. The molecule has 0 saturated carbocycles.